The molecule has 3 heterocycles. The molecule has 3 amide bonds. The van der Waals surface area contributed by atoms with Gasteiger partial charge in [-0.15, -0.1) is 10.2 Å². The highest BCUT2D eigenvalue weighted by Gasteiger charge is 2.28. The fourth-order valence-electron chi connectivity index (χ4n) is 3.71. The molecule has 0 spiro atoms. The number of anilines is 1. The van der Waals surface area contributed by atoms with Crippen LogP contribution in [0.1, 0.15) is 56.4 Å². The van der Waals surface area contributed by atoms with Gasteiger partial charge in [-0.1, -0.05) is 13.8 Å². The predicted molar refractivity (Wildman–Crippen MR) is 94.3 cm³/mol. The number of likely N-dealkylation sites (tertiary alicyclic amines) is 2. The van der Waals surface area contributed by atoms with Crippen LogP contribution in [0.25, 0.3) is 0 Å². The number of nitrogens with one attached hydrogen (secondary N) is 2. The third-order valence-corrected chi connectivity index (χ3v) is 5.37. The van der Waals surface area contributed by atoms with Gasteiger partial charge in [0.25, 0.3) is 5.91 Å². The molecule has 0 radical (unpaired) electrons. The van der Waals surface area contributed by atoms with E-state index in [1.165, 1.54) is 0 Å². The first kappa shape index (κ1) is 17.7. The molecule has 25 heavy (non-hydrogen) atoms. The fraction of sp³-hybridized carbons (Fsp3) is 0.765. The Balaban J connectivity index is 1.62. The molecule has 1 atom stereocenters. The van der Waals surface area contributed by atoms with Gasteiger partial charge in [-0.25, -0.2) is 4.79 Å². The molecule has 1 unspecified atom stereocenters. The molecule has 2 saturated heterocycles. The van der Waals surface area contributed by atoms with Crippen molar-refractivity contribution in [2.75, 3.05) is 31.5 Å². The number of H-pyrrole nitrogens is 1. The predicted octanol–water partition coefficient (Wildman–Crippen LogP) is 2.33. The molecule has 1 aromatic heterocycles. The van der Waals surface area contributed by atoms with Crippen molar-refractivity contribution < 1.29 is 9.59 Å². The van der Waals surface area contributed by atoms with Gasteiger partial charge in [0.15, 0.2) is 11.5 Å². The smallest absolute Gasteiger partial charge is 0.323 e. The van der Waals surface area contributed by atoms with E-state index in [0.717, 1.165) is 58.3 Å². The van der Waals surface area contributed by atoms with Crippen molar-refractivity contribution in [2.45, 2.75) is 46.0 Å². The molecule has 2 aliphatic heterocycles. The van der Waals surface area contributed by atoms with Crippen molar-refractivity contribution in [3.05, 3.63) is 5.69 Å². The second kappa shape index (κ2) is 7.84. The van der Waals surface area contributed by atoms with E-state index in [0.29, 0.717) is 11.8 Å². The summed E-state index contributed by atoms with van der Waals surface area (Å²) in [5.74, 6) is 1.37. The monoisotopic (exact) mass is 348 g/mol. The summed E-state index contributed by atoms with van der Waals surface area (Å²) >= 11 is 0. The maximum atomic E-state index is 12.6. The van der Waals surface area contributed by atoms with Crippen molar-refractivity contribution >= 4 is 17.8 Å². The molecule has 8 nitrogen and oxygen atoms in total. The van der Waals surface area contributed by atoms with Crippen LogP contribution in [0.3, 0.4) is 0 Å². The first-order chi connectivity index (χ1) is 12.1. The minimum absolute atomic E-state index is 0.169. The van der Waals surface area contributed by atoms with Crippen LogP contribution in [-0.4, -0.2) is 63.3 Å². The fourth-order valence-corrected chi connectivity index (χ4v) is 3.71. The maximum Gasteiger partial charge on any atom is 0.323 e. The van der Waals surface area contributed by atoms with Gasteiger partial charge in [0, 0.05) is 26.2 Å². The van der Waals surface area contributed by atoms with Crippen LogP contribution < -0.4 is 5.32 Å². The summed E-state index contributed by atoms with van der Waals surface area (Å²) in [6.45, 7) is 7.44. The van der Waals surface area contributed by atoms with Gasteiger partial charge in [0.2, 0.25) is 0 Å². The third-order valence-electron chi connectivity index (χ3n) is 5.37. The lowest BCUT2D eigenvalue weighted by Crippen LogP contribution is -2.37. The Morgan fingerprint density at radius 1 is 1.04 bits per heavy atom. The van der Waals surface area contributed by atoms with E-state index >= 15 is 0 Å². The number of aromatic nitrogens is 3. The zero-order chi connectivity index (χ0) is 17.8. The molecule has 0 saturated carbocycles. The van der Waals surface area contributed by atoms with E-state index < -0.39 is 0 Å². The number of rotatable bonds is 3. The van der Waals surface area contributed by atoms with Gasteiger partial charge in [-0.2, -0.15) is 5.21 Å². The lowest BCUT2D eigenvalue weighted by atomic mass is 9.89. The van der Waals surface area contributed by atoms with Crippen molar-refractivity contribution in [3.63, 3.8) is 0 Å². The highest BCUT2D eigenvalue weighted by Crippen LogP contribution is 2.25. The molecule has 2 N–H and O–H groups in total. The van der Waals surface area contributed by atoms with Crippen LogP contribution in [0.2, 0.25) is 0 Å². The number of carbonyl (C=O) groups excluding carboxylic acids is 2. The lowest BCUT2D eigenvalue weighted by Gasteiger charge is -2.21. The SMILES string of the molecule is CC(C)C1CCCN(C(=O)Nc2n[nH]nc2C(=O)N2CCCC2)CC1. The number of amides is 3. The molecule has 2 fully saturated rings. The number of aromatic amines is 1. The van der Waals surface area contributed by atoms with Crippen LogP contribution in [-0.2, 0) is 0 Å². The van der Waals surface area contributed by atoms with Crippen molar-refractivity contribution in [3.8, 4) is 0 Å². The molecule has 0 bridgehead atoms. The Morgan fingerprint density at radius 2 is 1.76 bits per heavy atom. The third kappa shape index (κ3) is 4.11. The summed E-state index contributed by atoms with van der Waals surface area (Å²) in [5, 5.41) is 13.2. The summed E-state index contributed by atoms with van der Waals surface area (Å²) in [6, 6.07) is -0.200. The Morgan fingerprint density at radius 3 is 2.48 bits per heavy atom. The zero-order valence-corrected chi connectivity index (χ0v) is 15.1. The molecule has 138 valence electrons. The van der Waals surface area contributed by atoms with Crippen LogP contribution in [0.4, 0.5) is 10.6 Å². The summed E-state index contributed by atoms with van der Waals surface area (Å²) in [6.07, 6.45) is 5.20. The zero-order valence-electron chi connectivity index (χ0n) is 15.1. The molecule has 1 aromatic rings. The van der Waals surface area contributed by atoms with Crippen LogP contribution in [0.5, 0.6) is 0 Å². The van der Waals surface area contributed by atoms with E-state index in [1.807, 2.05) is 4.90 Å². The van der Waals surface area contributed by atoms with E-state index in [1.54, 1.807) is 4.90 Å². The molecular formula is C17H28N6O2. The maximum absolute atomic E-state index is 12.6. The molecule has 0 aliphatic carbocycles. The average Bonchev–Trinajstić information content (AvgIpc) is 3.21. The normalized spacial score (nSPS) is 21.5. The first-order valence-electron chi connectivity index (χ1n) is 9.32. The summed E-state index contributed by atoms with van der Waals surface area (Å²) in [5.41, 5.74) is 0.199. The van der Waals surface area contributed by atoms with Gasteiger partial charge in [0.05, 0.1) is 0 Å². The quantitative estimate of drug-likeness (QED) is 0.876. The number of urea groups is 1. The minimum atomic E-state index is -0.200. The molecular weight excluding hydrogens is 320 g/mol. The molecule has 8 heteroatoms. The highest BCUT2D eigenvalue weighted by molar-refractivity contribution is 6.00. The van der Waals surface area contributed by atoms with Crippen LogP contribution in [0.15, 0.2) is 0 Å². The van der Waals surface area contributed by atoms with Gasteiger partial charge < -0.3 is 9.80 Å². The summed E-state index contributed by atoms with van der Waals surface area (Å²) in [4.78, 5) is 28.7. The second-order valence-corrected chi connectivity index (χ2v) is 7.37. The number of hydrogen-bond donors (Lipinski definition) is 2. The van der Waals surface area contributed by atoms with Crippen molar-refractivity contribution in [2.24, 2.45) is 11.8 Å². The van der Waals surface area contributed by atoms with Gasteiger partial charge in [-0.05, 0) is 43.9 Å². The lowest BCUT2D eigenvalue weighted by molar-refractivity contribution is 0.0788. The number of nitrogens with zero attached hydrogens (tertiary/aromatic N) is 4. The summed E-state index contributed by atoms with van der Waals surface area (Å²) < 4.78 is 0. The standard InChI is InChI=1S/C17H28N6O2/c1-12(2)13-6-5-10-23(11-7-13)17(25)18-15-14(19-21-20-15)16(24)22-8-3-4-9-22/h12-13H,3-11H2,1-2H3,(H2,18,19,20,21,25). The van der Waals surface area contributed by atoms with E-state index in [9.17, 15) is 9.59 Å². The Hall–Kier alpha value is -2.12. The van der Waals surface area contributed by atoms with Crippen molar-refractivity contribution in [1.29, 1.82) is 0 Å². The molecule has 2 aliphatic rings. The number of hydrogen-bond acceptors (Lipinski definition) is 4. The largest absolute Gasteiger partial charge is 0.337 e. The first-order valence-corrected chi connectivity index (χ1v) is 9.32. The van der Waals surface area contributed by atoms with Gasteiger partial charge in [0.1, 0.15) is 0 Å². The summed E-state index contributed by atoms with van der Waals surface area (Å²) in [7, 11) is 0. The van der Waals surface area contributed by atoms with Crippen LogP contribution in [0, 0.1) is 11.8 Å². The highest BCUT2D eigenvalue weighted by atomic mass is 16.2. The Bertz CT molecular complexity index is 608. The van der Waals surface area contributed by atoms with Crippen LogP contribution >= 0.6 is 0 Å². The topological polar surface area (TPSA) is 94.2 Å². The van der Waals surface area contributed by atoms with E-state index in [2.05, 4.69) is 34.6 Å². The van der Waals surface area contributed by atoms with E-state index in [-0.39, 0.29) is 23.5 Å². The van der Waals surface area contributed by atoms with Crippen molar-refractivity contribution in [1.82, 2.24) is 25.2 Å². The minimum Gasteiger partial charge on any atom is -0.337 e. The van der Waals surface area contributed by atoms with E-state index in [4.69, 9.17) is 0 Å². The Kier molecular flexibility index (Phi) is 5.55. The second-order valence-electron chi connectivity index (χ2n) is 7.37. The van der Waals surface area contributed by atoms with Gasteiger partial charge >= 0.3 is 6.03 Å². The Labute approximate surface area is 148 Å². The molecule has 0 aromatic carbocycles. The molecule has 3 rings (SSSR count). The average molecular weight is 348 g/mol. The van der Waals surface area contributed by atoms with Gasteiger partial charge in [-0.3, -0.25) is 10.1 Å². The number of carbonyl (C=O) groups is 2.